The molecule has 0 unspecified atom stereocenters. The summed E-state index contributed by atoms with van der Waals surface area (Å²) < 4.78 is 7.34. The van der Waals surface area contributed by atoms with E-state index in [2.05, 4.69) is 4.99 Å². The van der Waals surface area contributed by atoms with E-state index in [9.17, 15) is 9.59 Å². The van der Waals surface area contributed by atoms with Gasteiger partial charge < -0.3 is 9.64 Å². The fourth-order valence-corrected chi connectivity index (χ4v) is 4.04. The predicted molar refractivity (Wildman–Crippen MR) is 119 cm³/mol. The van der Waals surface area contributed by atoms with Crippen LogP contribution in [0.5, 0.6) is 0 Å². The molecule has 0 bridgehead atoms. The molecule has 0 saturated carbocycles. The van der Waals surface area contributed by atoms with Gasteiger partial charge in [0.2, 0.25) is 0 Å². The Bertz CT molecular complexity index is 1240. The highest BCUT2D eigenvalue weighted by Crippen LogP contribution is 2.17. The molecule has 0 fully saturated rings. The third-order valence-electron chi connectivity index (χ3n) is 4.66. The Balaban J connectivity index is 1.53. The SMILES string of the molecule is CCOC(=O)c1ccc(N2CN=c3sc(=CC=Cc4ccccc4)c(=O)n3C2)cc1. The summed E-state index contributed by atoms with van der Waals surface area (Å²) in [4.78, 5) is 31.9. The van der Waals surface area contributed by atoms with E-state index in [1.54, 1.807) is 23.6 Å². The third kappa shape index (κ3) is 4.26. The first-order chi connectivity index (χ1) is 14.7. The topological polar surface area (TPSA) is 63.9 Å². The van der Waals surface area contributed by atoms with E-state index in [1.165, 1.54) is 11.3 Å². The Labute approximate surface area is 177 Å². The van der Waals surface area contributed by atoms with E-state index in [1.807, 2.05) is 65.6 Å². The number of carbonyl (C=O) groups excluding carboxylic acids is 1. The van der Waals surface area contributed by atoms with Crippen molar-refractivity contribution in [2.45, 2.75) is 13.6 Å². The quantitative estimate of drug-likeness (QED) is 0.597. The van der Waals surface area contributed by atoms with Crippen molar-refractivity contribution in [2.75, 3.05) is 18.2 Å². The number of hydrogen-bond acceptors (Lipinski definition) is 6. The zero-order chi connectivity index (χ0) is 20.9. The maximum atomic E-state index is 12.8. The standard InChI is InChI=1S/C23H21N3O3S/c1-2-29-22(28)18-11-13-19(14-12-18)25-15-24-23-26(16-25)21(27)20(30-23)10-6-9-17-7-4-3-5-8-17/h3-14H,2,15-16H2,1H3. The average Bonchev–Trinajstić information content (AvgIpc) is 3.10. The molecule has 2 aromatic carbocycles. The lowest BCUT2D eigenvalue weighted by atomic mass is 10.2. The smallest absolute Gasteiger partial charge is 0.338 e. The van der Waals surface area contributed by atoms with Crippen molar-refractivity contribution in [2.24, 2.45) is 4.99 Å². The van der Waals surface area contributed by atoms with Crippen LogP contribution in [-0.4, -0.2) is 23.8 Å². The second-order valence-electron chi connectivity index (χ2n) is 6.67. The summed E-state index contributed by atoms with van der Waals surface area (Å²) in [5.41, 5.74) is 2.43. The number of anilines is 1. The molecule has 1 aliphatic heterocycles. The molecule has 1 aromatic heterocycles. The van der Waals surface area contributed by atoms with E-state index in [4.69, 9.17) is 4.74 Å². The van der Waals surface area contributed by atoms with E-state index < -0.39 is 0 Å². The molecular formula is C23H21N3O3S. The van der Waals surface area contributed by atoms with Crippen LogP contribution in [0, 0.1) is 0 Å². The molecule has 30 heavy (non-hydrogen) atoms. The number of fused-ring (bicyclic) bond motifs is 1. The Hall–Kier alpha value is -3.45. The lowest BCUT2D eigenvalue weighted by molar-refractivity contribution is 0.0526. The maximum absolute atomic E-state index is 12.8. The normalized spacial score (nSPS) is 13.9. The summed E-state index contributed by atoms with van der Waals surface area (Å²) in [5, 5.41) is 0. The Morgan fingerprint density at radius 3 is 2.67 bits per heavy atom. The van der Waals surface area contributed by atoms with Crippen LogP contribution < -0.4 is 19.8 Å². The van der Waals surface area contributed by atoms with E-state index in [0.717, 1.165) is 16.1 Å². The molecule has 0 atom stereocenters. The van der Waals surface area contributed by atoms with E-state index in [0.29, 0.717) is 30.0 Å². The summed E-state index contributed by atoms with van der Waals surface area (Å²) in [6, 6.07) is 17.1. The van der Waals surface area contributed by atoms with Gasteiger partial charge in [-0.05, 0) is 42.8 Å². The molecular weight excluding hydrogens is 398 g/mol. The molecule has 3 aromatic rings. The highest BCUT2D eigenvalue weighted by Gasteiger charge is 2.16. The van der Waals surface area contributed by atoms with E-state index >= 15 is 0 Å². The number of hydrogen-bond donors (Lipinski definition) is 0. The van der Waals surface area contributed by atoms with Crippen molar-refractivity contribution in [1.82, 2.24) is 4.57 Å². The van der Waals surface area contributed by atoms with Crippen LogP contribution in [0.15, 0.2) is 70.5 Å². The van der Waals surface area contributed by atoms with E-state index in [-0.39, 0.29) is 11.5 Å². The largest absolute Gasteiger partial charge is 0.462 e. The average molecular weight is 420 g/mol. The summed E-state index contributed by atoms with van der Waals surface area (Å²) in [5.74, 6) is -0.340. The number of esters is 1. The van der Waals surface area contributed by atoms with Gasteiger partial charge in [0.25, 0.3) is 5.56 Å². The van der Waals surface area contributed by atoms with Gasteiger partial charge in [0.1, 0.15) is 13.3 Å². The van der Waals surface area contributed by atoms with Crippen molar-refractivity contribution in [1.29, 1.82) is 0 Å². The Morgan fingerprint density at radius 2 is 1.93 bits per heavy atom. The number of thiazole rings is 1. The summed E-state index contributed by atoms with van der Waals surface area (Å²) in [6.45, 7) is 3.00. The first-order valence-corrected chi connectivity index (χ1v) is 10.5. The van der Waals surface area contributed by atoms with Gasteiger partial charge in [0.05, 0.1) is 16.7 Å². The van der Waals surface area contributed by atoms with Crippen LogP contribution in [0.4, 0.5) is 5.69 Å². The molecule has 2 heterocycles. The van der Waals surface area contributed by atoms with Crippen LogP contribution in [0.1, 0.15) is 22.8 Å². The van der Waals surface area contributed by atoms with Crippen LogP contribution in [0.25, 0.3) is 12.2 Å². The van der Waals surface area contributed by atoms with Crippen LogP contribution >= 0.6 is 11.3 Å². The number of ether oxygens (including phenoxy) is 1. The summed E-state index contributed by atoms with van der Waals surface area (Å²) >= 11 is 1.40. The Kier molecular flexibility index (Phi) is 5.90. The molecule has 0 radical (unpaired) electrons. The summed E-state index contributed by atoms with van der Waals surface area (Å²) in [7, 11) is 0. The summed E-state index contributed by atoms with van der Waals surface area (Å²) in [6.07, 6.45) is 5.69. The van der Waals surface area contributed by atoms with Crippen molar-refractivity contribution in [3.8, 4) is 0 Å². The molecule has 6 nitrogen and oxygen atoms in total. The second kappa shape index (κ2) is 8.92. The van der Waals surface area contributed by atoms with Crippen molar-refractivity contribution in [3.63, 3.8) is 0 Å². The van der Waals surface area contributed by atoms with Crippen LogP contribution in [-0.2, 0) is 11.4 Å². The maximum Gasteiger partial charge on any atom is 0.338 e. The third-order valence-corrected chi connectivity index (χ3v) is 5.72. The number of benzene rings is 2. The fraction of sp³-hybridized carbons (Fsp3) is 0.174. The number of allylic oxidation sites excluding steroid dienone is 1. The zero-order valence-corrected chi connectivity index (χ0v) is 17.3. The minimum Gasteiger partial charge on any atom is -0.462 e. The number of rotatable bonds is 5. The van der Waals surface area contributed by atoms with Gasteiger partial charge in [0, 0.05) is 5.69 Å². The number of nitrogens with zero attached hydrogens (tertiary/aromatic N) is 3. The minimum absolute atomic E-state index is 0.0516. The lowest BCUT2D eigenvalue weighted by Gasteiger charge is -2.25. The van der Waals surface area contributed by atoms with Gasteiger partial charge in [-0.15, -0.1) is 0 Å². The van der Waals surface area contributed by atoms with Gasteiger partial charge in [-0.3, -0.25) is 9.36 Å². The van der Waals surface area contributed by atoms with Crippen molar-refractivity contribution < 1.29 is 9.53 Å². The molecule has 0 N–H and O–H groups in total. The van der Waals surface area contributed by atoms with Gasteiger partial charge in [0.15, 0.2) is 4.80 Å². The molecule has 0 saturated heterocycles. The number of carbonyl (C=O) groups is 1. The Morgan fingerprint density at radius 1 is 1.17 bits per heavy atom. The van der Waals surface area contributed by atoms with Crippen molar-refractivity contribution >= 4 is 35.1 Å². The minimum atomic E-state index is -0.340. The molecule has 0 aliphatic carbocycles. The molecule has 4 rings (SSSR count). The molecule has 152 valence electrons. The first-order valence-electron chi connectivity index (χ1n) is 9.65. The molecule has 7 heteroatoms. The molecule has 0 spiro atoms. The highest BCUT2D eigenvalue weighted by atomic mass is 32.1. The molecule has 0 amide bonds. The van der Waals surface area contributed by atoms with Gasteiger partial charge >= 0.3 is 5.97 Å². The fourth-order valence-electron chi connectivity index (χ4n) is 3.12. The van der Waals surface area contributed by atoms with Gasteiger partial charge in [-0.1, -0.05) is 53.8 Å². The molecule has 1 aliphatic rings. The van der Waals surface area contributed by atoms with Crippen LogP contribution in [0.3, 0.4) is 0 Å². The van der Waals surface area contributed by atoms with Crippen LogP contribution in [0.2, 0.25) is 0 Å². The monoisotopic (exact) mass is 419 g/mol. The lowest BCUT2D eigenvalue weighted by Crippen LogP contribution is -2.42. The highest BCUT2D eigenvalue weighted by molar-refractivity contribution is 7.07. The predicted octanol–water partition coefficient (Wildman–Crippen LogP) is 2.64. The zero-order valence-electron chi connectivity index (χ0n) is 16.5. The first kappa shape index (κ1) is 19.8. The van der Waals surface area contributed by atoms with Gasteiger partial charge in [-0.25, -0.2) is 9.79 Å². The van der Waals surface area contributed by atoms with Gasteiger partial charge in [-0.2, -0.15) is 0 Å². The second-order valence-corrected chi connectivity index (χ2v) is 7.68. The number of aromatic nitrogens is 1. The van der Waals surface area contributed by atoms with Crippen molar-refractivity contribution in [3.05, 3.63) is 91.5 Å².